The van der Waals surface area contributed by atoms with E-state index >= 15 is 0 Å². The van der Waals surface area contributed by atoms with E-state index in [9.17, 15) is 19.5 Å². The quantitative estimate of drug-likeness (QED) is 0.330. The Morgan fingerprint density at radius 3 is 2.32 bits per heavy atom. The standard InChI is InChI=1S/C26H26N2O5S/c1-3-23(25(30)28-21-14-7-8-15-22(21)33-4-2)34-18-11-9-10-17(16-18)27-24(29)19-12-5-6-13-20(19)26(31)32/h5-16,23H,3-4H2,1-2H3,(H,27,29)(H,28,30)(H,31,32). The maximum Gasteiger partial charge on any atom is 0.336 e. The molecule has 0 radical (unpaired) electrons. The van der Waals surface area contributed by atoms with Gasteiger partial charge in [-0.3, -0.25) is 9.59 Å². The van der Waals surface area contributed by atoms with Gasteiger partial charge in [-0.15, -0.1) is 11.8 Å². The summed E-state index contributed by atoms with van der Waals surface area (Å²) in [7, 11) is 0. The average molecular weight is 479 g/mol. The molecule has 2 amide bonds. The van der Waals surface area contributed by atoms with Crippen molar-refractivity contribution in [1.82, 2.24) is 0 Å². The van der Waals surface area contributed by atoms with Gasteiger partial charge in [0.15, 0.2) is 0 Å². The Labute approximate surface area is 202 Å². The molecule has 3 rings (SSSR count). The molecule has 0 saturated carbocycles. The average Bonchev–Trinajstić information content (AvgIpc) is 2.84. The summed E-state index contributed by atoms with van der Waals surface area (Å²) in [6, 6.07) is 20.4. The number of amides is 2. The number of carbonyl (C=O) groups excluding carboxylic acids is 2. The first-order valence-electron chi connectivity index (χ1n) is 10.9. The Kier molecular flexibility index (Phi) is 8.70. The first-order chi connectivity index (χ1) is 16.4. The second-order valence-corrected chi connectivity index (χ2v) is 8.54. The molecule has 0 aliphatic carbocycles. The van der Waals surface area contributed by atoms with Crippen LogP contribution in [0.25, 0.3) is 0 Å². The molecular weight excluding hydrogens is 452 g/mol. The number of hydrogen-bond donors (Lipinski definition) is 3. The number of rotatable bonds is 10. The number of thioether (sulfide) groups is 1. The van der Waals surface area contributed by atoms with Gasteiger partial charge in [0, 0.05) is 10.6 Å². The van der Waals surface area contributed by atoms with Crippen LogP contribution in [0.1, 0.15) is 41.0 Å². The van der Waals surface area contributed by atoms with E-state index in [-0.39, 0.29) is 22.3 Å². The number of hydrogen-bond acceptors (Lipinski definition) is 5. The molecular formula is C26H26N2O5S. The normalized spacial score (nSPS) is 11.4. The minimum absolute atomic E-state index is 0.0689. The molecule has 3 aromatic rings. The van der Waals surface area contributed by atoms with Crippen molar-refractivity contribution in [3.8, 4) is 5.75 Å². The number of carbonyl (C=O) groups is 3. The van der Waals surface area contributed by atoms with Crippen molar-refractivity contribution in [2.75, 3.05) is 17.2 Å². The van der Waals surface area contributed by atoms with Crippen LogP contribution in [-0.4, -0.2) is 34.7 Å². The molecule has 3 N–H and O–H groups in total. The zero-order valence-corrected chi connectivity index (χ0v) is 19.7. The van der Waals surface area contributed by atoms with Gasteiger partial charge < -0.3 is 20.5 Å². The smallest absolute Gasteiger partial charge is 0.336 e. The Morgan fingerprint density at radius 1 is 0.912 bits per heavy atom. The van der Waals surface area contributed by atoms with Gasteiger partial charge >= 0.3 is 5.97 Å². The van der Waals surface area contributed by atoms with Gasteiger partial charge in [0.25, 0.3) is 5.91 Å². The summed E-state index contributed by atoms with van der Waals surface area (Å²) >= 11 is 1.38. The van der Waals surface area contributed by atoms with Gasteiger partial charge in [-0.25, -0.2) is 4.79 Å². The van der Waals surface area contributed by atoms with Crippen LogP contribution in [0.15, 0.2) is 77.7 Å². The van der Waals surface area contributed by atoms with E-state index < -0.39 is 11.9 Å². The van der Waals surface area contributed by atoms with Crippen molar-refractivity contribution in [3.05, 3.63) is 83.9 Å². The van der Waals surface area contributed by atoms with Crippen LogP contribution in [0.3, 0.4) is 0 Å². The molecule has 0 bridgehead atoms. The summed E-state index contributed by atoms with van der Waals surface area (Å²) in [5, 5.41) is 14.6. The van der Waals surface area contributed by atoms with Crippen molar-refractivity contribution < 1.29 is 24.2 Å². The molecule has 0 heterocycles. The molecule has 7 nitrogen and oxygen atoms in total. The number of carboxylic acid groups (broad SMARTS) is 1. The van der Waals surface area contributed by atoms with Crippen LogP contribution in [0.5, 0.6) is 5.75 Å². The molecule has 1 atom stereocenters. The van der Waals surface area contributed by atoms with Crippen molar-refractivity contribution in [2.45, 2.75) is 30.4 Å². The van der Waals surface area contributed by atoms with Crippen molar-refractivity contribution in [3.63, 3.8) is 0 Å². The van der Waals surface area contributed by atoms with Crippen LogP contribution < -0.4 is 15.4 Å². The van der Waals surface area contributed by atoms with Crippen molar-refractivity contribution in [2.24, 2.45) is 0 Å². The van der Waals surface area contributed by atoms with E-state index in [1.807, 2.05) is 38.1 Å². The highest BCUT2D eigenvalue weighted by atomic mass is 32.2. The SMILES string of the molecule is CCOc1ccccc1NC(=O)C(CC)Sc1cccc(NC(=O)c2ccccc2C(=O)O)c1. The lowest BCUT2D eigenvalue weighted by Crippen LogP contribution is -2.24. The Balaban J connectivity index is 1.71. The summed E-state index contributed by atoms with van der Waals surface area (Å²) in [4.78, 5) is 37.8. The molecule has 34 heavy (non-hydrogen) atoms. The summed E-state index contributed by atoms with van der Waals surface area (Å²) in [5.41, 5.74) is 1.13. The maximum atomic E-state index is 12.9. The van der Waals surface area contributed by atoms with E-state index in [4.69, 9.17) is 4.74 Å². The number of carboxylic acids is 1. The van der Waals surface area contributed by atoms with E-state index in [0.29, 0.717) is 30.2 Å². The fourth-order valence-corrected chi connectivity index (χ4v) is 4.28. The Hall–Kier alpha value is -3.78. The fourth-order valence-electron chi connectivity index (χ4n) is 3.26. The minimum Gasteiger partial charge on any atom is -0.492 e. The molecule has 0 aliphatic rings. The zero-order valence-electron chi connectivity index (χ0n) is 18.9. The first kappa shape index (κ1) is 24.9. The summed E-state index contributed by atoms with van der Waals surface area (Å²) in [6.45, 7) is 4.31. The van der Waals surface area contributed by atoms with E-state index in [2.05, 4.69) is 10.6 Å². The lowest BCUT2D eigenvalue weighted by molar-refractivity contribution is -0.115. The van der Waals surface area contributed by atoms with E-state index in [0.717, 1.165) is 4.90 Å². The molecule has 3 aromatic carbocycles. The highest BCUT2D eigenvalue weighted by Crippen LogP contribution is 2.30. The molecule has 0 spiro atoms. The molecule has 0 aromatic heterocycles. The second-order valence-electron chi connectivity index (χ2n) is 7.27. The highest BCUT2D eigenvalue weighted by molar-refractivity contribution is 8.00. The number of anilines is 2. The maximum absolute atomic E-state index is 12.9. The molecule has 0 aliphatic heterocycles. The van der Waals surface area contributed by atoms with Crippen LogP contribution in [0.4, 0.5) is 11.4 Å². The fraction of sp³-hybridized carbons (Fsp3) is 0.192. The number of benzene rings is 3. The Bertz CT molecular complexity index is 1180. The summed E-state index contributed by atoms with van der Waals surface area (Å²) in [6.07, 6.45) is 0.593. The van der Waals surface area contributed by atoms with Gasteiger partial charge in [0.2, 0.25) is 5.91 Å². The monoisotopic (exact) mass is 478 g/mol. The van der Waals surface area contributed by atoms with Gasteiger partial charge in [-0.05, 0) is 55.8 Å². The van der Waals surface area contributed by atoms with E-state index in [1.54, 1.807) is 36.4 Å². The second kappa shape index (κ2) is 11.9. The largest absolute Gasteiger partial charge is 0.492 e. The van der Waals surface area contributed by atoms with Crippen molar-refractivity contribution >= 4 is 40.9 Å². The lowest BCUT2D eigenvalue weighted by Gasteiger charge is -2.17. The van der Waals surface area contributed by atoms with Gasteiger partial charge in [0.05, 0.1) is 28.7 Å². The number of ether oxygens (including phenoxy) is 1. The van der Waals surface area contributed by atoms with Crippen molar-refractivity contribution in [1.29, 1.82) is 0 Å². The van der Waals surface area contributed by atoms with Crippen LogP contribution in [0.2, 0.25) is 0 Å². The molecule has 0 fully saturated rings. The topological polar surface area (TPSA) is 105 Å². The minimum atomic E-state index is -1.17. The highest BCUT2D eigenvalue weighted by Gasteiger charge is 2.20. The lowest BCUT2D eigenvalue weighted by atomic mass is 10.1. The summed E-state index contributed by atoms with van der Waals surface area (Å²) < 4.78 is 5.58. The number of nitrogens with one attached hydrogen (secondary N) is 2. The summed E-state index contributed by atoms with van der Waals surface area (Å²) in [5.74, 6) is -1.22. The molecule has 0 saturated heterocycles. The third-order valence-electron chi connectivity index (χ3n) is 4.88. The third kappa shape index (κ3) is 6.39. The van der Waals surface area contributed by atoms with Crippen LogP contribution >= 0.6 is 11.8 Å². The molecule has 1 unspecified atom stereocenters. The first-order valence-corrected chi connectivity index (χ1v) is 11.7. The zero-order chi connectivity index (χ0) is 24.5. The van der Waals surface area contributed by atoms with Gasteiger partial charge in [0.1, 0.15) is 5.75 Å². The van der Waals surface area contributed by atoms with Crippen LogP contribution in [0, 0.1) is 0 Å². The molecule has 176 valence electrons. The van der Waals surface area contributed by atoms with E-state index in [1.165, 1.54) is 23.9 Å². The number of para-hydroxylation sites is 2. The van der Waals surface area contributed by atoms with Gasteiger partial charge in [-0.2, -0.15) is 0 Å². The van der Waals surface area contributed by atoms with Crippen LogP contribution in [-0.2, 0) is 4.79 Å². The number of aromatic carboxylic acids is 1. The predicted molar refractivity (Wildman–Crippen MR) is 134 cm³/mol. The van der Waals surface area contributed by atoms with Gasteiger partial charge in [-0.1, -0.05) is 37.3 Å². The third-order valence-corrected chi connectivity index (χ3v) is 6.24. The predicted octanol–water partition coefficient (Wildman–Crippen LogP) is 5.55. The molecule has 8 heteroatoms. The Morgan fingerprint density at radius 2 is 1.62 bits per heavy atom.